The topological polar surface area (TPSA) is 62.7 Å². The van der Waals surface area contributed by atoms with Gasteiger partial charge in [-0.25, -0.2) is 4.98 Å². The fourth-order valence-electron chi connectivity index (χ4n) is 2.10. The van der Waals surface area contributed by atoms with Crippen LogP contribution in [-0.2, 0) is 6.42 Å². The molecule has 0 aliphatic heterocycles. The van der Waals surface area contributed by atoms with E-state index in [1.54, 1.807) is 18.5 Å². The van der Waals surface area contributed by atoms with Crippen LogP contribution in [0.25, 0.3) is 0 Å². The van der Waals surface area contributed by atoms with Crippen LogP contribution in [0.2, 0.25) is 5.02 Å². The molecule has 0 unspecified atom stereocenters. The third kappa shape index (κ3) is 2.81. The summed E-state index contributed by atoms with van der Waals surface area (Å²) in [4.78, 5) is 19.2. The van der Waals surface area contributed by atoms with E-state index in [-0.39, 0.29) is 5.91 Å². The first-order chi connectivity index (χ1) is 9.24. The summed E-state index contributed by atoms with van der Waals surface area (Å²) in [6, 6.07) is 2.17. The molecule has 2 aromatic rings. The van der Waals surface area contributed by atoms with Crippen LogP contribution in [0.15, 0.2) is 24.7 Å². The number of nitrogens with zero attached hydrogens (tertiary/aromatic N) is 2. The Labute approximate surface area is 116 Å². The number of nitrogens with one attached hydrogen (secondary N) is 2. The minimum absolute atomic E-state index is 0.0784. The summed E-state index contributed by atoms with van der Waals surface area (Å²) in [5.74, 6) is 0.793. The number of rotatable bonds is 5. The fourth-order valence-corrected chi connectivity index (χ4v) is 2.31. The van der Waals surface area contributed by atoms with Gasteiger partial charge >= 0.3 is 0 Å². The van der Waals surface area contributed by atoms with Gasteiger partial charge in [-0.1, -0.05) is 11.6 Å². The number of aromatic amines is 1. The molecule has 1 aliphatic carbocycles. The van der Waals surface area contributed by atoms with Crippen molar-refractivity contribution in [2.24, 2.45) is 0 Å². The molecular formula is C13H15ClN4O. The number of imidazole rings is 1. The van der Waals surface area contributed by atoms with Crippen LogP contribution in [0.1, 0.15) is 35.2 Å². The van der Waals surface area contributed by atoms with E-state index in [9.17, 15) is 4.79 Å². The van der Waals surface area contributed by atoms with Crippen molar-refractivity contribution in [3.63, 3.8) is 0 Å². The molecule has 6 heteroatoms. The molecule has 0 atom stereocenters. The van der Waals surface area contributed by atoms with Gasteiger partial charge in [0.25, 0.3) is 5.91 Å². The summed E-state index contributed by atoms with van der Waals surface area (Å²) in [5, 5.41) is 3.51. The predicted molar refractivity (Wildman–Crippen MR) is 72.3 cm³/mol. The number of halogens is 1. The van der Waals surface area contributed by atoms with Crippen LogP contribution < -0.4 is 5.32 Å². The highest BCUT2D eigenvalue weighted by Crippen LogP contribution is 2.37. The van der Waals surface area contributed by atoms with E-state index in [0.29, 0.717) is 29.7 Å². The zero-order chi connectivity index (χ0) is 13.2. The molecule has 1 amide bonds. The number of aromatic nitrogens is 3. The number of carbonyl (C=O) groups is 1. The zero-order valence-corrected chi connectivity index (χ0v) is 11.2. The Kier molecular flexibility index (Phi) is 3.29. The van der Waals surface area contributed by atoms with E-state index in [1.807, 2.05) is 10.8 Å². The SMILES string of the molecule is O=C(NCCc1ncc[nH]1)c1cc(Cl)cn1C1CC1. The maximum atomic E-state index is 12.1. The van der Waals surface area contributed by atoms with Crippen LogP contribution in [-0.4, -0.2) is 27.0 Å². The average molecular weight is 279 g/mol. The van der Waals surface area contributed by atoms with E-state index < -0.39 is 0 Å². The lowest BCUT2D eigenvalue weighted by Gasteiger charge is -2.07. The summed E-state index contributed by atoms with van der Waals surface area (Å²) in [7, 11) is 0. The van der Waals surface area contributed by atoms with Crippen LogP contribution in [0.3, 0.4) is 0 Å². The van der Waals surface area contributed by atoms with Gasteiger partial charge in [-0.15, -0.1) is 0 Å². The Morgan fingerprint density at radius 2 is 2.42 bits per heavy atom. The Balaban J connectivity index is 1.60. The Hall–Kier alpha value is -1.75. The van der Waals surface area contributed by atoms with Crippen LogP contribution in [0.4, 0.5) is 0 Å². The van der Waals surface area contributed by atoms with Gasteiger partial charge in [0.05, 0.1) is 5.02 Å². The van der Waals surface area contributed by atoms with Crippen LogP contribution >= 0.6 is 11.6 Å². The maximum absolute atomic E-state index is 12.1. The van der Waals surface area contributed by atoms with Gasteiger partial charge in [0.15, 0.2) is 0 Å². The number of amides is 1. The van der Waals surface area contributed by atoms with E-state index in [4.69, 9.17) is 11.6 Å². The highest BCUT2D eigenvalue weighted by atomic mass is 35.5. The predicted octanol–water partition coefficient (Wildman–Crippen LogP) is 2.17. The van der Waals surface area contributed by atoms with Crippen molar-refractivity contribution in [3.05, 3.63) is 41.2 Å². The Morgan fingerprint density at radius 3 is 3.11 bits per heavy atom. The average Bonchev–Trinajstić information content (AvgIpc) is 2.96. The molecule has 1 saturated carbocycles. The van der Waals surface area contributed by atoms with Crippen LogP contribution in [0.5, 0.6) is 0 Å². The number of hydrogen-bond acceptors (Lipinski definition) is 2. The highest BCUT2D eigenvalue weighted by molar-refractivity contribution is 6.31. The van der Waals surface area contributed by atoms with Gasteiger partial charge in [0.1, 0.15) is 11.5 Å². The second-order valence-corrected chi connectivity index (χ2v) is 5.16. The quantitative estimate of drug-likeness (QED) is 0.880. The Morgan fingerprint density at radius 1 is 1.58 bits per heavy atom. The van der Waals surface area contributed by atoms with Crippen molar-refractivity contribution in [3.8, 4) is 0 Å². The second-order valence-electron chi connectivity index (χ2n) is 4.72. The van der Waals surface area contributed by atoms with Gasteiger partial charge in [0.2, 0.25) is 0 Å². The summed E-state index contributed by atoms with van der Waals surface area (Å²) < 4.78 is 1.98. The first-order valence-electron chi connectivity index (χ1n) is 6.38. The van der Waals surface area contributed by atoms with Gasteiger partial charge in [0, 0.05) is 37.6 Å². The fraction of sp³-hybridized carbons (Fsp3) is 0.385. The molecule has 2 heterocycles. The minimum Gasteiger partial charge on any atom is -0.350 e. The summed E-state index contributed by atoms with van der Waals surface area (Å²) in [5.41, 5.74) is 0.645. The summed E-state index contributed by atoms with van der Waals surface area (Å²) >= 11 is 5.98. The molecule has 5 nitrogen and oxygen atoms in total. The highest BCUT2D eigenvalue weighted by Gasteiger charge is 2.27. The molecule has 0 saturated heterocycles. The molecule has 2 aromatic heterocycles. The lowest BCUT2D eigenvalue weighted by Crippen LogP contribution is -2.27. The third-order valence-corrected chi connectivity index (χ3v) is 3.40. The van der Waals surface area contributed by atoms with Crippen molar-refractivity contribution < 1.29 is 4.79 Å². The molecule has 1 fully saturated rings. The monoisotopic (exact) mass is 278 g/mol. The summed E-state index contributed by atoms with van der Waals surface area (Å²) in [6.45, 7) is 0.555. The standard InChI is InChI=1S/C13H15ClN4O/c14-9-7-11(18(8-9)10-1-2-10)13(19)17-4-3-12-15-5-6-16-12/h5-8,10H,1-4H2,(H,15,16)(H,17,19). The normalized spacial score (nSPS) is 14.6. The van der Waals surface area contributed by atoms with Gasteiger partial charge in [-0.2, -0.15) is 0 Å². The molecule has 2 N–H and O–H groups in total. The molecule has 0 spiro atoms. The van der Waals surface area contributed by atoms with Crippen molar-refractivity contribution in [1.82, 2.24) is 19.9 Å². The first-order valence-corrected chi connectivity index (χ1v) is 6.75. The molecule has 0 bridgehead atoms. The summed E-state index contributed by atoms with van der Waals surface area (Å²) in [6.07, 6.45) is 8.25. The van der Waals surface area contributed by atoms with E-state index in [2.05, 4.69) is 15.3 Å². The van der Waals surface area contributed by atoms with E-state index in [1.165, 1.54) is 0 Å². The molecular weight excluding hydrogens is 264 g/mol. The number of H-pyrrole nitrogens is 1. The molecule has 100 valence electrons. The number of hydrogen-bond donors (Lipinski definition) is 2. The van der Waals surface area contributed by atoms with Gasteiger partial charge in [-0.05, 0) is 18.9 Å². The molecule has 0 aromatic carbocycles. The third-order valence-electron chi connectivity index (χ3n) is 3.19. The zero-order valence-electron chi connectivity index (χ0n) is 10.4. The Bertz CT molecular complexity index is 571. The van der Waals surface area contributed by atoms with E-state index >= 15 is 0 Å². The van der Waals surface area contributed by atoms with Gasteiger partial charge in [-0.3, -0.25) is 4.79 Å². The lowest BCUT2D eigenvalue weighted by molar-refractivity contribution is 0.0944. The maximum Gasteiger partial charge on any atom is 0.267 e. The minimum atomic E-state index is -0.0784. The number of carbonyl (C=O) groups excluding carboxylic acids is 1. The van der Waals surface area contributed by atoms with Crippen LogP contribution in [0, 0.1) is 0 Å². The van der Waals surface area contributed by atoms with Gasteiger partial charge < -0.3 is 14.9 Å². The van der Waals surface area contributed by atoms with Crippen molar-refractivity contribution in [1.29, 1.82) is 0 Å². The smallest absolute Gasteiger partial charge is 0.267 e. The van der Waals surface area contributed by atoms with Crippen molar-refractivity contribution in [2.75, 3.05) is 6.54 Å². The molecule has 3 rings (SSSR count). The second kappa shape index (κ2) is 5.09. The van der Waals surface area contributed by atoms with Crippen molar-refractivity contribution in [2.45, 2.75) is 25.3 Å². The molecule has 1 aliphatic rings. The first kappa shape index (κ1) is 12.3. The molecule has 19 heavy (non-hydrogen) atoms. The van der Waals surface area contributed by atoms with E-state index in [0.717, 1.165) is 18.7 Å². The largest absolute Gasteiger partial charge is 0.350 e. The van der Waals surface area contributed by atoms with Crippen molar-refractivity contribution >= 4 is 17.5 Å². The lowest BCUT2D eigenvalue weighted by atomic mass is 10.3. The molecule has 0 radical (unpaired) electrons.